The summed E-state index contributed by atoms with van der Waals surface area (Å²) >= 11 is 0. The molecular weight excluding hydrogens is 76.1 g/mol. The molecule has 6 heavy (non-hydrogen) atoms. The lowest BCUT2D eigenvalue weighted by atomic mass is 10.9. The maximum absolute atomic E-state index is 3.72. The molecular formula is C4H5N2+. The van der Waals surface area contributed by atoms with Gasteiger partial charge in [0.1, 0.15) is 6.20 Å². The van der Waals surface area contributed by atoms with Crippen LogP contribution in [0, 0.1) is 0 Å². The lowest BCUT2D eigenvalue weighted by molar-refractivity contribution is -0.297. The first-order valence-electron chi connectivity index (χ1n) is 1.68. The third-order valence-corrected chi connectivity index (χ3v) is 0.559. The van der Waals surface area contributed by atoms with Crippen LogP contribution in [-0.4, -0.2) is 17.6 Å². The second kappa shape index (κ2) is 1.05. The summed E-state index contributed by atoms with van der Waals surface area (Å²) in [6.07, 6.45) is 5.10. The fourth-order valence-electron chi connectivity index (χ4n) is 0.287. The Hall–Kier alpha value is -0.920. The highest BCUT2D eigenvalue weighted by molar-refractivity contribution is 5.51. The van der Waals surface area contributed by atoms with E-state index < -0.39 is 0 Å². The van der Waals surface area contributed by atoms with E-state index in [-0.39, 0.29) is 0 Å². The molecule has 0 saturated carbocycles. The summed E-state index contributed by atoms with van der Waals surface area (Å²) in [6, 6.07) is 0. The first-order valence-corrected chi connectivity index (χ1v) is 1.68. The van der Waals surface area contributed by atoms with Crippen molar-refractivity contribution in [3.63, 3.8) is 0 Å². The van der Waals surface area contributed by atoms with E-state index in [9.17, 15) is 0 Å². The number of nitrogens with zero attached hydrogens (tertiary/aromatic N) is 2. The van der Waals surface area contributed by atoms with E-state index in [1.165, 1.54) is 0 Å². The molecule has 0 spiro atoms. The maximum atomic E-state index is 3.72. The van der Waals surface area contributed by atoms with Crippen LogP contribution in [-0.2, 0) is 0 Å². The van der Waals surface area contributed by atoms with Crippen molar-refractivity contribution in [3.05, 3.63) is 12.4 Å². The van der Waals surface area contributed by atoms with Gasteiger partial charge in [-0.15, -0.1) is 0 Å². The number of hydrogen-bond acceptors (Lipinski definition) is 1. The van der Waals surface area contributed by atoms with Gasteiger partial charge in [-0.25, -0.2) is 4.58 Å². The van der Waals surface area contributed by atoms with Gasteiger partial charge in [0, 0.05) is 0 Å². The summed E-state index contributed by atoms with van der Waals surface area (Å²) in [4.78, 5) is 3.72. The summed E-state index contributed by atoms with van der Waals surface area (Å²) in [7, 11) is 0. The summed E-state index contributed by atoms with van der Waals surface area (Å²) in [6.45, 7) is 3.53. The van der Waals surface area contributed by atoms with Crippen LogP contribution >= 0.6 is 0 Å². The van der Waals surface area contributed by atoms with Crippen LogP contribution in [0.25, 0.3) is 0 Å². The van der Waals surface area contributed by atoms with Crippen LogP contribution in [0.3, 0.4) is 0 Å². The highest BCUT2D eigenvalue weighted by Crippen LogP contribution is 1.81. The van der Waals surface area contributed by atoms with Crippen molar-refractivity contribution in [2.24, 2.45) is 4.99 Å². The van der Waals surface area contributed by atoms with Gasteiger partial charge in [0.25, 0.3) is 6.34 Å². The van der Waals surface area contributed by atoms with Crippen molar-refractivity contribution in [1.29, 1.82) is 0 Å². The minimum atomic E-state index is 1.64. The molecule has 1 aliphatic rings. The van der Waals surface area contributed by atoms with Crippen LogP contribution in [0.5, 0.6) is 0 Å². The van der Waals surface area contributed by atoms with Crippen LogP contribution in [0.4, 0.5) is 0 Å². The maximum Gasteiger partial charge on any atom is 0.290 e. The Morgan fingerprint density at radius 1 is 1.67 bits per heavy atom. The van der Waals surface area contributed by atoms with E-state index in [4.69, 9.17) is 0 Å². The van der Waals surface area contributed by atoms with Crippen molar-refractivity contribution in [1.82, 2.24) is 0 Å². The van der Waals surface area contributed by atoms with E-state index in [1.807, 2.05) is 0 Å². The van der Waals surface area contributed by atoms with E-state index in [0.29, 0.717) is 0 Å². The van der Waals surface area contributed by atoms with Crippen molar-refractivity contribution in [2.75, 3.05) is 0 Å². The molecule has 0 atom stereocenters. The number of rotatable bonds is 0. The summed E-state index contributed by atoms with van der Waals surface area (Å²) in [5, 5.41) is 0. The van der Waals surface area contributed by atoms with Gasteiger partial charge in [-0.05, 0) is 0 Å². The molecule has 2 heteroatoms. The first kappa shape index (κ1) is 3.28. The Labute approximate surface area is 36.1 Å². The molecule has 1 rings (SSSR count). The third-order valence-electron chi connectivity index (χ3n) is 0.559. The molecule has 0 N–H and O–H groups in total. The zero-order valence-corrected chi connectivity index (χ0v) is 3.33. The Kier molecular flexibility index (Phi) is 0.572. The summed E-state index contributed by atoms with van der Waals surface area (Å²) < 4.78 is 1.64. The monoisotopic (exact) mass is 81.0 g/mol. The van der Waals surface area contributed by atoms with Gasteiger partial charge in [-0.3, -0.25) is 0 Å². The van der Waals surface area contributed by atoms with Crippen LogP contribution in [0.15, 0.2) is 17.4 Å². The topological polar surface area (TPSA) is 15.4 Å². The van der Waals surface area contributed by atoms with Crippen molar-refractivity contribution >= 4 is 13.1 Å². The normalized spacial score (nSPS) is 17.0. The zero-order valence-electron chi connectivity index (χ0n) is 3.33. The molecule has 2 nitrogen and oxygen atoms in total. The predicted molar refractivity (Wildman–Crippen MR) is 25.0 cm³/mol. The third kappa shape index (κ3) is 0.360. The quantitative estimate of drug-likeness (QED) is 0.370. The van der Waals surface area contributed by atoms with Crippen molar-refractivity contribution in [3.8, 4) is 0 Å². The van der Waals surface area contributed by atoms with Gasteiger partial charge in [0.15, 0.2) is 6.20 Å². The molecule has 0 bridgehead atoms. The Bertz CT molecular complexity index is 108. The molecule has 30 valence electrons. The van der Waals surface area contributed by atoms with Gasteiger partial charge in [0.05, 0.1) is 6.72 Å². The second-order valence-electron chi connectivity index (χ2n) is 1.08. The lowest BCUT2D eigenvalue weighted by Gasteiger charge is -1.67. The highest BCUT2D eigenvalue weighted by Gasteiger charge is 1.90. The Morgan fingerprint density at radius 2 is 2.50 bits per heavy atom. The van der Waals surface area contributed by atoms with Crippen molar-refractivity contribution in [2.45, 2.75) is 0 Å². The molecule has 1 heterocycles. The minimum Gasteiger partial charge on any atom is -0.213 e. The van der Waals surface area contributed by atoms with E-state index in [1.54, 1.807) is 23.3 Å². The Morgan fingerprint density at radius 3 is 2.67 bits per heavy atom. The van der Waals surface area contributed by atoms with Gasteiger partial charge >= 0.3 is 0 Å². The molecule has 0 aromatic carbocycles. The average Bonchev–Trinajstić information content (AvgIpc) is 1.86. The van der Waals surface area contributed by atoms with Crippen molar-refractivity contribution < 1.29 is 4.58 Å². The molecule has 1 aliphatic heterocycles. The van der Waals surface area contributed by atoms with E-state index >= 15 is 0 Å². The van der Waals surface area contributed by atoms with Crippen LogP contribution in [0.2, 0.25) is 0 Å². The minimum absolute atomic E-state index is 1.64. The van der Waals surface area contributed by atoms with Gasteiger partial charge in [0.2, 0.25) is 0 Å². The molecule has 0 amide bonds. The fourth-order valence-corrected chi connectivity index (χ4v) is 0.287. The Balaban J connectivity index is 2.86. The molecule has 0 fully saturated rings. The highest BCUT2D eigenvalue weighted by atomic mass is 15.0. The second-order valence-corrected chi connectivity index (χ2v) is 1.08. The zero-order chi connectivity index (χ0) is 4.41. The average molecular weight is 81.1 g/mol. The molecule has 0 aromatic heterocycles. The van der Waals surface area contributed by atoms with Gasteiger partial charge in [-0.2, -0.15) is 0 Å². The molecule has 0 radical (unpaired) electrons. The molecule has 0 aliphatic carbocycles. The van der Waals surface area contributed by atoms with E-state index in [0.717, 1.165) is 0 Å². The van der Waals surface area contributed by atoms with Gasteiger partial charge in [-0.1, -0.05) is 4.99 Å². The summed E-state index contributed by atoms with van der Waals surface area (Å²) in [5.41, 5.74) is 0. The number of hydrogen-bond donors (Lipinski definition) is 0. The standard InChI is InChI=1S/C4H5N2/c1-6-3-2-5-4-6/h2-4H,1H2/q+1. The first-order chi connectivity index (χ1) is 2.89. The summed E-state index contributed by atoms with van der Waals surface area (Å²) in [5.74, 6) is 0. The largest absolute Gasteiger partial charge is 0.290 e. The molecule has 0 unspecified atom stereocenters. The van der Waals surface area contributed by atoms with Gasteiger partial charge < -0.3 is 0 Å². The SMILES string of the molecule is C=[N+]1C=CN=C1. The van der Waals surface area contributed by atoms with Crippen LogP contribution < -0.4 is 0 Å². The van der Waals surface area contributed by atoms with Crippen LogP contribution in [0.1, 0.15) is 0 Å². The van der Waals surface area contributed by atoms with E-state index in [2.05, 4.69) is 11.7 Å². The fraction of sp³-hybridized carbons (Fsp3) is 0. The molecule has 0 aromatic rings. The lowest BCUT2D eigenvalue weighted by Crippen LogP contribution is -1.88. The smallest absolute Gasteiger partial charge is 0.213 e. The number of aliphatic imine (C=N–C) groups is 1. The molecule has 0 saturated heterocycles. The predicted octanol–water partition coefficient (Wildman–Crippen LogP) is 0.213.